The lowest BCUT2D eigenvalue weighted by Crippen LogP contribution is -2.41. The molecule has 2 amide bonds. The molecule has 0 aliphatic carbocycles. The van der Waals surface area contributed by atoms with Crippen LogP contribution in [0.25, 0.3) is 16.6 Å². The summed E-state index contributed by atoms with van der Waals surface area (Å²) in [6, 6.07) is 14.2. The van der Waals surface area contributed by atoms with Gasteiger partial charge in [-0.05, 0) is 66.9 Å². The molecule has 3 N–H and O–H groups in total. The van der Waals surface area contributed by atoms with E-state index in [1.807, 2.05) is 24.3 Å². The van der Waals surface area contributed by atoms with E-state index in [0.29, 0.717) is 19.8 Å². The Bertz CT molecular complexity index is 1430. The van der Waals surface area contributed by atoms with Crippen molar-refractivity contribution >= 4 is 71.7 Å². The van der Waals surface area contributed by atoms with Gasteiger partial charge in [-0.3, -0.25) is 19.6 Å². The molecule has 0 saturated carbocycles. The van der Waals surface area contributed by atoms with E-state index in [2.05, 4.69) is 53.2 Å². The Morgan fingerprint density at radius 1 is 1.09 bits per heavy atom. The summed E-state index contributed by atoms with van der Waals surface area (Å²) < 4.78 is 2.78. The second-order valence-corrected chi connectivity index (χ2v) is 9.59. The van der Waals surface area contributed by atoms with Crippen LogP contribution in [-0.2, 0) is 4.94 Å². The smallest absolute Gasteiger partial charge is 0.272 e. The number of fused-ring (bicyclic) bond motifs is 1. The summed E-state index contributed by atoms with van der Waals surface area (Å²) in [6.45, 7) is 0. The van der Waals surface area contributed by atoms with Crippen molar-refractivity contribution in [1.82, 2.24) is 25.6 Å². The molecule has 0 saturated heterocycles. The molecule has 0 unspecified atom stereocenters. The van der Waals surface area contributed by atoms with E-state index < -0.39 is 11.8 Å². The van der Waals surface area contributed by atoms with Crippen LogP contribution in [0.5, 0.6) is 0 Å². The van der Waals surface area contributed by atoms with Crippen LogP contribution in [0.15, 0.2) is 69.9 Å². The van der Waals surface area contributed by atoms with E-state index >= 15 is 0 Å². The van der Waals surface area contributed by atoms with Crippen molar-refractivity contribution < 1.29 is 14.5 Å². The zero-order chi connectivity index (χ0) is 25.1. The third-order valence-electron chi connectivity index (χ3n) is 4.85. The lowest BCUT2D eigenvalue weighted by atomic mass is 10.0. The highest BCUT2D eigenvalue weighted by Crippen LogP contribution is 2.35. The van der Waals surface area contributed by atoms with Crippen LogP contribution >= 0.6 is 43.5 Å². The van der Waals surface area contributed by atoms with Crippen molar-refractivity contribution in [2.75, 3.05) is 19.4 Å². The fourth-order valence-corrected chi connectivity index (χ4v) is 4.65. The molecule has 2 heterocycles. The van der Waals surface area contributed by atoms with Gasteiger partial charge in [-0.15, -0.1) is 0 Å². The second kappa shape index (κ2) is 10.9. The first-order valence-corrected chi connectivity index (χ1v) is 12.1. The van der Waals surface area contributed by atoms with Crippen molar-refractivity contribution in [1.29, 1.82) is 0 Å². The molecular weight excluding hydrogens is 604 g/mol. The number of anilines is 1. The number of carbonyl (C=O) groups is 2. The van der Waals surface area contributed by atoms with Crippen LogP contribution in [0.1, 0.15) is 20.8 Å². The lowest BCUT2D eigenvalue weighted by Gasteiger charge is -2.17. The molecule has 9 nitrogen and oxygen atoms in total. The highest BCUT2D eigenvalue weighted by molar-refractivity contribution is 9.11. The number of halogens is 3. The third kappa shape index (κ3) is 5.56. The maximum atomic E-state index is 13.5. The van der Waals surface area contributed by atoms with Crippen LogP contribution in [0.4, 0.5) is 5.69 Å². The first-order valence-electron chi connectivity index (χ1n) is 10.2. The Morgan fingerprint density at radius 3 is 2.60 bits per heavy atom. The number of pyridine rings is 1. The van der Waals surface area contributed by atoms with Crippen LogP contribution in [0, 0.1) is 0 Å². The normalized spacial score (nSPS) is 11.1. The summed E-state index contributed by atoms with van der Waals surface area (Å²) in [7, 11) is 3.30. The average molecular weight is 623 g/mol. The van der Waals surface area contributed by atoms with Gasteiger partial charge in [0.15, 0.2) is 5.82 Å². The summed E-state index contributed by atoms with van der Waals surface area (Å²) in [5, 5.41) is 6.25. The minimum atomic E-state index is -0.516. The summed E-state index contributed by atoms with van der Waals surface area (Å²) >= 11 is 13.3. The molecule has 2 aromatic carbocycles. The van der Waals surface area contributed by atoms with Crippen molar-refractivity contribution in [2.24, 2.45) is 0 Å². The fourth-order valence-electron chi connectivity index (χ4n) is 3.35. The first kappa shape index (κ1) is 25.3. The molecular formula is C23H19Br2ClN6O3. The molecule has 35 heavy (non-hydrogen) atoms. The Hall–Kier alpha value is -2.80. The summed E-state index contributed by atoms with van der Waals surface area (Å²) in [5.74, 6) is -0.594. The van der Waals surface area contributed by atoms with Gasteiger partial charge >= 0.3 is 0 Å². The standard InChI is InChI=1S/C23H19Br2ClN6O3/c1-31(2)35-30-29-22(33)16-10-13-6-3-4-7-15(13)19(25)20(16)28-23(34)18-11-14(24)12-32(18)21-17(26)8-5-9-27-21/h3-12,30H,1-2H3,(H,28,34)(H,29,33). The minimum Gasteiger partial charge on any atom is -0.319 e. The van der Waals surface area contributed by atoms with Gasteiger partial charge in [0.25, 0.3) is 11.8 Å². The zero-order valence-corrected chi connectivity index (χ0v) is 22.4. The Kier molecular flexibility index (Phi) is 7.85. The second-order valence-electron chi connectivity index (χ2n) is 7.47. The number of nitrogens with one attached hydrogen (secondary N) is 3. The van der Waals surface area contributed by atoms with Crippen LogP contribution in [0.2, 0.25) is 5.02 Å². The number of nitrogens with zero attached hydrogens (tertiary/aromatic N) is 3. The van der Waals surface area contributed by atoms with Crippen molar-refractivity contribution in [3.8, 4) is 5.82 Å². The van der Waals surface area contributed by atoms with E-state index in [1.165, 1.54) is 5.06 Å². The maximum absolute atomic E-state index is 13.5. The highest BCUT2D eigenvalue weighted by Gasteiger charge is 2.23. The number of rotatable bonds is 7. The maximum Gasteiger partial charge on any atom is 0.272 e. The topological polar surface area (TPSA) is 101 Å². The van der Waals surface area contributed by atoms with Gasteiger partial charge in [-0.1, -0.05) is 41.5 Å². The van der Waals surface area contributed by atoms with E-state index in [1.54, 1.807) is 55.3 Å². The van der Waals surface area contributed by atoms with Gasteiger partial charge < -0.3 is 5.32 Å². The summed E-state index contributed by atoms with van der Waals surface area (Å²) in [4.78, 5) is 35.8. The Morgan fingerprint density at radius 2 is 1.86 bits per heavy atom. The SMILES string of the molecule is CN(C)ONNC(=O)c1cc2ccccc2c(Br)c1NC(=O)c1cc(Br)cn1-c1ncccc1Cl. The van der Waals surface area contributed by atoms with E-state index in [9.17, 15) is 9.59 Å². The van der Waals surface area contributed by atoms with E-state index in [0.717, 1.165) is 10.8 Å². The summed E-state index contributed by atoms with van der Waals surface area (Å²) in [5.41, 5.74) is 5.59. The van der Waals surface area contributed by atoms with Gasteiger partial charge in [0.05, 0.1) is 16.3 Å². The lowest BCUT2D eigenvalue weighted by molar-refractivity contribution is -0.187. The molecule has 180 valence electrons. The van der Waals surface area contributed by atoms with Crippen molar-refractivity contribution in [2.45, 2.75) is 0 Å². The van der Waals surface area contributed by atoms with Crippen LogP contribution in [0.3, 0.4) is 0 Å². The van der Waals surface area contributed by atoms with Crippen molar-refractivity contribution in [3.63, 3.8) is 0 Å². The number of hydrogen-bond acceptors (Lipinski definition) is 6. The van der Waals surface area contributed by atoms with Gasteiger partial charge in [-0.2, -0.15) is 10.0 Å². The monoisotopic (exact) mass is 620 g/mol. The highest BCUT2D eigenvalue weighted by atomic mass is 79.9. The quantitative estimate of drug-likeness (QED) is 0.248. The zero-order valence-electron chi connectivity index (χ0n) is 18.5. The molecule has 0 radical (unpaired) electrons. The summed E-state index contributed by atoms with van der Waals surface area (Å²) in [6.07, 6.45) is 3.27. The number of hydrogen-bond donors (Lipinski definition) is 3. The molecule has 0 atom stereocenters. The van der Waals surface area contributed by atoms with Gasteiger partial charge in [0.2, 0.25) is 0 Å². The number of carbonyl (C=O) groups excluding carboxylic acids is 2. The number of hydrazine groups is 1. The number of aromatic nitrogens is 2. The largest absolute Gasteiger partial charge is 0.319 e. The van der Waals surface area contributed by atoms with E-state index in [-0.39, 0.29) is 16.9 Å². The Labute approximate surface area is 222 Å². The number of hydroxylamine groups is 2. The predicted molar refractivity (Wildman–Crippen MR) is 141 cm³/mol. The molecule has 0 spiro atoms. The molecule has 0 aliphatic rings. The fraction of sp³-hybridized carbons (Fsp3) is 0.0870. The van der Waals surface area contributed by atoms with Gasteiger partial charge in [0, 0.05) is 35.4 Å². The molecule has 2 aromatic heterocycles. The number of amides is 2. The molecule has 0 aliphatic heterocycles. The molecule has 4 aromatic rings. The third-order valence-corrected chi connectivity index (χ3v) is 6.40. The minimum absolute atomic E-state index is 0.215. The Balaban J connectivity index is 1.75. The molecule has 4 rings (SSSR count). The molecule has 0 bridgehead atoms. The average Bonchev–Trinajstić information content (AvgIpc) is 3.22. The molecule has 12 heteroatoms. The first-order chi connectivity index (χ1) is 16.8. The van der Waals surface area contributed by atoms with Crippen molar-refractivity contribution in [3.05, 3.63) is 86.2 Å². The number of benzene rings is 2. The molecule has 0 fully saturated rings. The van der Waals surface area contributed by atoms with Gasteiger partial charge in [0.1, 0.15) is 5.69 Å². The van der Waals surface area contributed by atoms with Crippen LogP contribution in [-0.4, -0.2) is 40.5 Å². The van der Waals surface area contributed by atoms with E-state index in [4.69, 9.17) is 16.5 Å². The van der Waals surface area contributed by atoms with Gasteiger partial charge in [-0.25, -0.2) is 4.98 Å². The predicted octanol–water partition coefficient (Wildman–Crippen LogP) is 5.10. The van der Waals surface area contributed by atoms with Crippen LogP contribution < -0.4 is 16.3 Å².